The second kappa shape index (κ2) is 14.3. The van der Waals surface area contributed by atoms with Gasteiger partial charge in [-0.15, -0.1) is 0 Å². The predicted molar refractivity (Wildman–Crippen MR) is 157 cm³/mol. The van der Waals surface area contributed by atoms with Gasteiger partial charge in [-0.05, 0) is 90.6 Å². The normalized spacial score (nSPS) is 20.9. The molecular formula is C31H47N5O3. The Morgan fingerprint density at radius 2 is 1.46 bits per heavy atom. The maximum Gasteiger partial charge on any atom is 0.223 e. The molecule has 3 heterocycles. The summed E-state index contributed by atoms with van der Waals surface area (Å²) in [5.74, 6) is 2.62. The lowest BCUT2D eigenvalue weighted by Crippen LogP contribution is -2.30. The average Bonchev–Trinajstić information content (AvgIpc) is 3.11. The SMILES string of the molecule is CN1CCCN(CCCOC2=CC=C(c3nc4ccc(OCCCN5CCCN(C)CC5)cc4o3)CC2)CC1. The van der Waals surface area contributed by atoms with E-state index < -0.39 is 0 Å². The van der Waals surface area contributed by atoms with Crippen molar-refractivity contribution in [2.45, 2.75) is 38.5 Å². The van der Waals surface area contributed by atoms with Crippen molar-refractivity contribution in [2.24, 2.45) is 0 Å². The molecule has 2 aliphatic heterocycles. The highest BCUT2D eigenvalue weighted by molar-refractivity contribution is 5.77. The van der Waals surface area contributed by atoms with E-state index in [2.05, 4.69) is 45.8 Å². The fourth-order valence-electron chi connectivity index (χ4n) is 5.67. The minimum atomic E-state index is 0.703. The van der Waals surface area contributed by atoms with Crippen LogP contribution in [0.5, 0.6) is 5.75 Å². The molecule has 0 N–H and O–H groups in total. The number of ether oxygens (including phenoxy) is 2. The zero-order valence-corrected chi connectivity index (χ0v) is 24.1. The molecule has 0 atom stereocenters. The molecule has 2 aromatic rings. The Bertz CT molecular complexity index is 1110. The molecule has 1 aliphatic carbocycles. The summed E-state index contributed by atoms with van der Waals surface area (Å²) in [5.41, 5.74) is 2.78. The van der Waals surface area contributed by atoms with Gasteiger partial charge in [0.1, 0.15) is 11.3 Å². The molecule has 3 aliphatic rings. The van der Waals surface area contributed by atoms with Crippen molar-refractivity contribution < 1.29 is 13.9 Å². The summed E-state index contributed by atoms with van der Waals surface area (Å²) >= 11 is 0. The van der Waals surface area contributed by atoms with E-state index in [0.717, 1.165) is 86.7 Å². The molecule has 0 bridgehead atoms. The lowest BCUT2D eigenvalue weighted by molar-refractivity contribution is 0.176. The Kier molecular flexibility index (Phi) is 10.3. The number of aromatic nitrogens is 1. The topological polar surface area (TPSA) is 57.5 Å². The molecule has 0 radical (unpaired) electrons. The van der Waals surface area contributed by atoms with Gasteiger partial charge in [0.15, 0.2) is 5.58 Å². The van der Waals surface area contributed by atoms with Crippen molar-refractivity contribution in [2.75, 3.05) is 92.8 Å². The van der Waals surface area contributed by atoms with Crippen LogP contribution in [0.25, 0.3) is 16.7 Å². The van der Waals surface area contributed by atoms with Gasteiger partial charge in [-0.3, -0.25) is 0 Å². The van der Waals surface area contributed by atoms with Gasteiger partial charge in [0.2, 0.25) is 5.89 Å². The highest BCUT2D eigenvalue weighted by Gasteiger charge is 2.17. The fourth-order valence-corrected chi connectivity index (χ4v) is 5.67. The van der Waals surface area contributed by atoms with Crippen LogP contribution in [0.2, 0.25) is 0 Å². The molecule has 0 saturated carbocycles. The first-order valence-corrected chi connectivity index (χ1v) is 15.0. The predicted octanol–water partition coefficient (Wildman–Crippen LogP) is 4.34. The molecule has 39 heavy (non-hydrogen) atoms. The van der Waals surface area contributed by atoms with Gasteiger partial charge in [0.05, 0.1) is 19.0 Å². The molecule has 5 rings (SSSR count). The van der Waals surface area contributed by atoms with Crippen molar-refractivity contribution in [3.63, 3.8) is 0 Å². The Labute approximate surface area is 234 Å². The molecule has 8 nitrogen and oxygen atoms in total. The third kappa shape index (κ3) is 8.55. The quantitative estimate of drug-likeness (QED) is 0.393. The van der Waals surface area contributed by atoms with Crippen molar-refractivity contribution in [3.8, 4) is 5.75 Å². The van der Waals surface area contributed by atoms with Crippen LogP contribution in [0.4, 0.5) is 0 Å². The summed E-state index contributed by atoms with van der Waals surface area (Å²) < 4.78 is 18.3. The fraction of sp³-hybridized carbons (Fsp3) is 0.645. The number of nitrogens with zero attached hydrogens (tertiary/aromatic N) is 5. The smallest absolute Gasteiger partial charge is 0.223 e. The monoisotopic (exact) mass is 537 g/mol. The van der Waals surface area contributed by atoms with E-state index in [9.17, 15) is 0 Å². The number of benzene rings is 1. The van der Waals surface area contributed by atoms with Gasteiger partial charge in [0, 0.05) is 57.3 Å². The Hall–Kier alpha value is -2.39. The molecule has 1 aromatic heterocycles. The zero-order valence-electron chi connectivity index (χ0n) is 24.1. The number of hydrogen-bond acceptors (Lipinski definition) is 8. The summed E-state index contributed by atoms with van der Waals surface area (Å²) in [7, 11) is 4.43. The molecule has 8 heteroatoms. The van der Waals surface area contributed by atoms with E-state index in [-0.39, 0.29) is 0 Å². The lowest BCUT2D eigenvalue weighted by atomic mass is 10.0. The number of hydrogen-bond donors (Lipinski definition) is 0. The second-order valence-electron chi connectivity index (χ2n) is 11.4. The van der Waals surface area contributed by atoms with E-state index >= 15 is 0 Å². The van der Waals surface area contributed by atoms with Crippen molar-refractivity contribution >= 4 is 16.7 Å². The standard InChI is InChI=1S/C31H47N5O3/c1-33-13-3-15-35(21-19-33)17-5-23-37-27-9-7-26(8-10-27)31-32-29-12-11-28(25-30(29)39-31)38-24-6-18-36-16-4-14-34(2)20-22-36/h7,9,11-12,25H,3-6,8,10,13-24H2,1-2H3. The van der Waals surface area contributed by atoms with Gasteiger partial charge in [-0.25, -0.2) is 4.98 Å². The van der Waals surface area contributed by atoms with Crippen molar-refractivity contribution in [1.82, 2.24) is 24.6 Å². The Morgan fingerprint density at radius 1 is 0.769 bits per heavy atom. The Morgan fingerprint density at radius 3 is 2.13 bits per heavy atom. The highest BCUT2D eigenvalue weighted by Crippen LogP contribution is 2.30. The van der Waals surface area contributed by atoms with Crippen LogP contribution in [0.1, 0.15) is 44.4 Å². The van der Waals surface area contributed by atoms with E-state index in [1.54, 1.807) is 0 Å². The van der Waals surface area contributed by atoms with Crippen LogP contribution in [0, 0.1) is 0 Å². The first-order valence-electron chi connectivity index (χ1n) is 15.0. The lowest BCUT2D eigenvalue weighted by Gasteiger charge is -2.20. The number of fused-ring (bicyclic) bond motifs is 1. The van der Waals surface area contributed by atoms with Crippen LogP contribution in [-0.4, -0.2) is 117 Å². The molecular weight excluding hydrogens is 490 g/mol. The van der Waals surface area contributed by atoms with E-state index in [4.69, 9.17) is 18.9 Å². The molecule has 0 unspecified atom stereocenters. The van der Waals surface area contributed by atoms with E-state index in [1.165, 1.54) is 52.1 Å². The van der Waals surface area contributed by atoms with Gasteiger partial charge in [-0.1, -0.05) is 6.08 Å². The maximum atomic E-state index is 6.14. The van der Waals surface area contributed by atoms with Crippen LogP contribution in [-0.2, 0) is 4.74 Å². The minimum Gasteiger partial charge on any atom is -0.498 e. The summed E-state index contributed by atoms with van der Waals surface area (Å²) in [6, 6.07) is 5.97. The van der Waals surface area contributed by atoms with Gasteiger partial charge in [-0.2, -0.15) is 0 Å². The maximum absolute atomic E-state index is 6.14. The number of allylic oxidation sites excluding steroid dienone is 4. The van der Waals surface area contributed by atoms with Gasteiger partial charge >= 0.3 is 0 Å². The van der Waals surface area contributed by atoms with Crippen LogP contribution >= 0.6 is 0 Å². The summed E-state index contributed by atoms with van der Waals surface area (Å²) in [5, 5.41) is 0. The van der Waals surface area contributed by atoms with Crippen molar-refractivity contribution in [3.05, 3.63) is 42.0 Å². The van der Waals surface area contributed by atoms with Crippen LogP contribution < -0.4 is 4.74 Å². The van der Waals surface area contributed by atoms with E-state index in [1.807, 2.05) is 18.2 Å². The third-order valence-electron chi connectivity index (χ3n) is 8.16. The average molecular weight is 538 g/mol. The van der Waals surface area contributed by atoms with Crippen LogP contribution in [0.3, 0.4) is 0 Å². The first kappa shape index (κ1) is 28.1. The van der Waals surface area contributed by atoms with Gasteiger partial charge < -0.3 is 33.5 Å². The molecule has 0 spiro atoms. The van der Waals surface area contributed by atoms with E-state index in [0.29, 0.717) is 12.5 Å². The largest absolute Gasteiger partial charge is 0.498 e. The molecule has 1 aromatic carbocycles. The number of oxazole rings is 1. The van der Waals surface area contributed by atoms with Crippen molar-refractivity contribution in [1.29, 1.82) is 0 Å². The molecule has 2 saturated heterocycles. The first-order chi connectivity index (χ1) is 19.1. The number of likely N-dealkylation sites (N-methyl/N-ethyl adjacent to an activating group) is 2. The molecule has 214 valence electrons. The molecule has 0 amide bonds. The summed E-state index contributed by atoms with van der Waals surface area (Å²) in [6.45, 7) is 13.1. The summed E-state index contributed by atoms with van der Waals surface area (Å²) in [6.07, 6.45) is 10.6. The highest BCUT2D eigenvalue weighted by atomic mass is 16.5. The minimum absolute atomic E-state index is 0.703. The third-order valence-corrected chi connectivity index (χ3v) is 8.16. The zero-order chi connectivity index (χ0) is 26.9. The van der Waals surface area contributed by atoms with Gasteiger partial charge in [0.25, 0.3) is 0 Å². The second-order valence-corrected chi connectivity index (χ2v) is 11.4. The summed E-state index contributed by atoms with van der Waals surface area (Å²) in [4.78, 5) is 14.7. The molecule has 2 fully saturated rings. The Balaban J connectivity index is 1.05. The number of rotatable bonds is 11. The van der Waals surface area contributed by atoms with Crippen LogP contribution in [0.15, 0.2) is 40.5 Å².